The van der Waals surface area contributed by atoms with E-state index in [1.165, 1.54) is 13.8 Å². The van der Waals surface area contributed by atoms with Gasteiger partial charge in [-0.15, -0.1) is 0 Å². The summed E-state index contributed by atoms with van der Waals surface area (Å²) in [6.45, 7) is 2.54. The molecule has 0 saturated carbocycles. The molecule has 0 fully saturated rings. The number of carbonyl (C=O) groups excluding carboxylic acids is 2. The van der Waals surface area contributed by atoms with Crippen molar-refractivity contribution in [2.75, 3.05) is 0 Å². The molecule has 0 spiro atoms. The van der Waals surface area contributed by atoms with Crippen LogP contribution in [-0.4, -0.2) is 16.5 Å². The van der Waals surface area contributed by atoms with Gasteiger partial charge in [-0.1, -0.05) is 24.3 Å². The third-order valence-electron chi connectivity index (χ3n) is 2.61. The summed E-state index contributed by atoms with van der Waals surface area (Å²) in [5, 5.41) is 0. The lowest BCUT2D eigenvalue weighted by atomic mass is 10.3. The number of esters is 2. The van der Waals surface area contributed by atoms with Crippen LogP contribution in [0.25, 0.3) is 0 Å². The van der Waals surface area contributed by atoms with E-state index in [1.54, 1.807) is 48.5 Å². The molecule has 0 aliphatic heterocycles. The summed E-state index contributed by atoms with van der Waals surface area (Å²) in [5.41, 5.74) is 0. The highest BCUT2D eigenvalue weighted by Crippen LogP contribution is 2.34. The zero-order valence-electron chi connectivity index (χ0n) is 12.1. The van der Waals surface area contributed by atoms with E-state index in [-0.39, 0.29) is 11.5 Å². The lowest BCUT2D eigenvalue weighted by molar-refractivity contribution is -0.133. The minimum Gasteiger partial charge on any atom is -0.606 e. The predicted octanol–water partition coefficient (Wildman–Crippen LogP) is 2.70. The molecule has 22 heavy (non-hydrogen) atoms. The van der Waals surface area contributed by atoms with Crippen LogP contribution in [0.15, 0.2) is 58.3 Å². The fraction of sp³-hybridized carbons (Fsp3) is 0.125. The Morgan fingerprint density at radius 1 is 0.818 bits per heavy atom. The summed E-state index contributed by atoms with van der Waals surface area (Å²) in [5.74, 6) is -0.577. The van der Waals surface area contributed by atoms with Crippen molar-refractivity contribution in [2.24, 2.45) is 0 Å². The molecule has 114 valence electrons. The largest absolute Gasteiger partial charge is 0.606 e. The number of ether oxygens (including phenoxy) is 2. The van der Waals surface area contributed by atoms with Crippen LogP contribution in [0.3, 0.4) is 0 Å². The summed E-state index contributed by atoms with van der Waals surface area (Å²) < 4.78 is 22.9. The van der Waals surface area contributed by atoms with Crippen LogP contribution < -0.4 is 9.47 Å². The monoisotopic (exact) mass is 318 g/mol. The topological polar surface area (TPSA) is 75.7 Å². The molecule has 0 radical (unpaired) electrons. The molecule has 0 bridgehead atoms. The highest BCUT2D eigenvalue weighted by Gasteiger charge is 2.25. The molecular weight excluding hydrogens is 304 g/mol. The first-order valence-corrected chi connectivity index (χ1v) is 7.60. The van der Waals surface area contributed by atoms with Gasteiger partial charge < -0.3 is 14.0 Å². The first-order valence-electron chi connectivity index (χ1n) is 6.45. The van der Waals surface area contributed by atoms with E-state index in [4.69, 9.17) is 9.47 Å². The Morgan fingerprint density at radius 3 is 1.55 bits per heavy atom. The number of benzene rings is 2. The maximum absolute atomic E-state index is 12.8. The first-order chi connectivity index (χ1) is 10.5. The van der Waals surface area contributed by atoms with Crippen molar-refractivity contribution < 1.29 is 23.6 Å². The molecule has 0 N–H and O–H groups in total. The van der Waals surface area contributed by atoms with Gasteiger partial charge in [-0.05, 0) is 24.3 Å². The van der Waals surface area contributed by atoms with Crippen LogP contribution in [-0.2, 0) is 20.8 Å². The van der Waals surface area contributed by atoms with E-state index >= 15 is 0 Å². The highest BCUT2D eigenvalue weighted by molar-refractivity contribution is 7.91. The van der Waals surface area contributed by atoms with E-state index in [1.807, 2.05) is 0 Å². The van der Waals surface area contributed by atoms with Crippen molar-refractivity contribution in [3.63, 3.8) is 0 Å². The van der Waals surface area contributed by atoms with Crippen molar-refractivity contribution in [1.82, 2.24) is 0 Å². The SMILES string of the molecule is CC(=O)Oc1ccccc1[S+]([O-])c1ccccc1OC(C)=O. The average Bonchev–Trinajstić information content (AvgIpc) is 2.46. The second-order valence-electron chi connectivity index (χ2n) is 4.35. The van der Waals surface area contributed by atoms with Crippen molar-refractivity contribution in [2.45, 2.75) is 23.6 Å². The number of hydrogen-bond acceptors (Lipinski definition) is 5. The molecule has 0 atom stereocenters. The van der Waals surface area contributed by atoms with Crippen LogP contribution in [0.4, 0.5) is 0 Å². The minimum atomic E-state index is -1.66. The molecule has 2 aromatic carbocycles. The molecule has 0 saturated heterocycles. The number of carbonyl (C=O) groups is 2. The van der Waals surface area contributed by atoms with E-state index < -0.39 is 23.1 Å². The van der Waals surface area contributed by atoms with Crippen LogP contribution >= 0.6 is 0 Å². The van der Waals surface area contributed by atoms with Gasteiger partial charge in [0.05, 0.1) is 0 Å². The van der Waals surface area contributed by atoms with Gasteiger partial charge in [0.1, 0.15) is 0 Å². The molecule has 2 rings (SSSR count). The molecule has 0 unspecified atom stereocenters. The first kappa shape index (κ1) is 16.1. The molecule has 0 heterocycles. The van der Waals surface area contributed by atoms with Crippen LogP contribution in [0, 0.1) is 0 Å². The second kappa shape index (κ2) is 7.11. The summed E-state index contributed by atoms with van der Waals surface area (Å²) in [6, 6.07) is 13.0. The smallest absolute Gasteiger partial charge is 0.308 e. The van der Waals surface area contributed by atoms with E-state index in [9.17, 15) is 14.1 Å². The fourth-order valence-corrected chi connectivity index (χ4v) is 3.03. The van der Waals surface area contributed by atoms with Gasteiger partial charge in [0.25, 0.3) is 0 Å². The minimum absolute atomic E-state index is 0.214. The standard InChI is InChI=1S/C16H14O5S/c1-11(17)20-13-7-3-5-9-15(13)22(19)16-10-6-4-8-14(16)21-12(2)18/h3-10H,1-2H3. The normalized spacial score (nSPS) is 10.4. The third-order valence-corrected chi connectivity index (χ3v) is 4.08. The molecule has 0 aliphatic rings. The summed E-state index contributed by atoms with van der Waals surface area (Å²) in [4.78, 5) is 23.0. The van der Waals surface area contributed by atoms with Gasteiger partial charge in [-0.2, -0.15) is 0 Å². The van der Waals surface area contributed by atoms with Crippen molar-refractivity contribution in [1.29, 1.82) is 0 Å². The quantitative estimate of drug-likeness (QED) is 0.492. The summed E-state index contributed by atoms with van der Waals surface area (Å²) >= 11 is -1.66. The third kappa shape index (κ3) is 3.87. The highest BCUT2D eigenvalue weighted by atomic mass is 32.2. The fourth-order valence-electron chi connectivity index (χ4n) is 1.80. The van der Waals surface area contributed by atoms with E-state index in [0.29, 0.717) is 9.79 Å². The zero-order valence-corrected chi connectivity index (χ0v) is 12.9. The Hall–Kier alpha value is -2.31. The molecule has 5 nitrogen and oxygen atoms in total. The molecular formula is C16H14O5S. The lowest BCUT2D eigenvalue weighted by Gasteiger charge is -2.15. The maximum Gasteiger partial charge on any atom is 0.308 e. The zero-order chi connectivity index (χ0) is 16.1. The summed E-state index contributed by atoms with van der Waals surface area (Å²) in [7, 11) is 0. The average molecular weight is 318 g/mol. The van der Waals surface area contributed by atoms with E-state index in [2.05, 4.69) is 0 Å². The Bertz CT molecular complexity index is 639. The van der Waals surface area contributed by atoms with Gasteiger partial charge in [0, 0.05) is 25.0 Å². The molecule has 0 aromatic heterocycles. The number of para-hydroxylation sites is 2. The number of hydrogen-bond donors (Lipinski definition) is 0. The number of rotatable bonds is 4. The van der Waals surface area contributed by atoms with Gasteiger partial charge in [0.15, 0.2) is 11.5 Å². The van der Waals surface area contributed by atoms with Crippen LogP contribution in [0.5, 0.6) is 11.5 Å². The van der Waals surface area contributed by atoms with Crippen molar-refractivity contribution in [3.05, 3.63) is 48.5 Å². The van der Waals surface area contributed by atoms with Gasteiger partial charge in [-0.3, -0.25) is 9.59 Å². The Kier molecular flexibility index (Phi) is 5.19. The molecule has 6 heteroatoms. The Balaban J connectivity index is 2.42. The maximum atomic E-state index is 12.8. The van der Waals surface area contributed by atoms with Crippen molar-refractivity contribution in [3.8, 4) is 11.5 Å². The van der Waals surface area contributed by atoms with E-state index in [0.717, 1.165) is 0 Å². The Labute approximate surface area is 131 Å². The lowest BCUT2D eigenvalue weighted by Crippen LogP contribution is -2.11. The Morgan fingerprint density at radius 2 is 1.18 bits per heavy atom. The predicted molar refractivity (Wildman–Crippen MR) is 80.2 cm³/mol. The van der Waals surface area contributed by atoms with Crippen LogP contribution in [0.1, 0.15) is 13.8 Å². The molecule has 2 aromatic rings. The molecule has 0 amide bonds. The van der Waals surface area contributed by atoms with Gasteiger partial charge in [-0.25, -0.2) is 0 Å². The van der Waals surface area contributed by atoms with Gasteiger partial charge in [0.2, 0.25) is 9.79 Å². The summed E-state index contributed by atoms with van der Waals surface area (Å²) in [6.07, 6.45) is 0. The van der Waals surface area contributed by atoms with Crippen LogP contribution in [0.2, 0.25) is 0 Å². The van der Waals surface area contributed by atoms with Crippen molar-refractivity contribution >= 4 is 23.1 Å². The molecule has 0 aliphatic carbocycles. The van der Waals surface area contributed by atoms with Gasteiger partial charge >= 0.3 is 11.9 Å². The second-order valence-corrected chi connectivity index (χ2v) is 5.77.